The Kier molecular flexibility index (Phi) is 1.96. The molecule has 2 atom stereocenters. The summed E-state index contributed by atoms with van der Waals surface area (Å²) >= 11 is 0. The molecule has 0 spiro atoms. The van der Waals surface area contributed by atoms with E-state index in [1.54, 1.807) is 6.92 Å². The first kappa shape index (κ1) is 7.94. The molecule has 3 nitrogen and oxygen atoms in total. The van der Waals surface area contributed by atoms with Crippen LogP contribution in [0.1, 0.15) is 13.3 Å². The number of hydrogen-bond acceptors (Lipinski definition) is 3. The third kappa shape index (κ3) is 1.46. The van der Waals surface area contributed by atoms with Crippen LogP contribution in [0.3, 0.4) is 0 Å². The Hall–Kier alpha value is -0.160. The van der Waals surface area contributed by atoms with Crippen molar-refractivity contribution >= 4 is 10.2 Å². The zero-order valence-corrected chi connectivity index (χ0v) is 6.40. The van der Waals surface area contributed by atoms with Crippen LogP contribution in [0.25, 0.3) is 0 Å². The Labute approximate surface area is 59.4 Å². The zero-order valence-electron chi connectivity index (χ0n) is 5.58. The molecule has 10 heavy (non-hydrogen) atoms. The molecule has 0 aromatic heterocycles. The van der Waals surface area contributed by atoms with Crippen LogP contribution in [0, 0.1) is 0 Å². The molecule has 1 saturated heterocycles. The summed E-state index contributed by atoms with van der Waals surface area (Å²) in [7, 11) is -4.38. The van der Waals surface area contributed by atoms with Crippen molar-refractivity contribution in [2.75, 3.05) is 6.61 Å². The Morgan fingerprint density at radius 1 is 1.60 bits per heavy atom. The molecule has 0 N–H and O–H groups in total. The molecule has 1 rings (SSSR count). The van der Waals surface area contributed by atoms with Crippen molar-refractivity contribution in [3.05, 3.63) is 0 Å². The number of halogens is 1. The average molecular weight is 168 g/mol. The molecule has 0 aromatic rings. The van der Waals surface area contributed by atoms with Gasteiger partial charge in [-0.05, 0) is 13.3 Å². The van der Waals surface area contributed by atoms with Crippen LogP contribution >= 0.6 is 0 Å². The van der Waals surface area contributed by atoms with Gasteiger partial charge < -0.3 is 4.74 Å². The van der Waals surface area contributed by atoms with Gasteiger partial charge >= 0.3 is 10.2 Å². The zero-order chi connectivity index (χ0) is 7.78. The highest BCUT2D eigenvalue weighted by Gasteiger charge is 2.35. The number of ether oxygens (including phenoxy) is 1. The first-order valence-corrected chi connectivity index (χ1v) is 4.51. The first-order valence-electron chi connectivity index (χ1n) is 3.07. The minimum atomic E-state index is -4.38. The largest absolute Gasteiger partial charge is 0.377 e. The van der Waals surface area contributed by atoms with Gasteiger partial charge in [0.1, 0.15) is 5.25 Å². The van der Waals surface area contributed by atoms with Crippen molar-refractivity contribution in [2.24, 2.45) is 0 Å². The van der Waals surface area contributed by atoms with Crippen LogP contribution in [-0.4, -0.2) is 26.4 Å². The van der Waals surface area contributed by atoms with E-state index >= 15 is 0 Å². The van der Waals surface area contributed by atoms with Gasteiger partial charge in [0, 0.05) is 6.61 Å². The van der Waals surface area contributed by atoms with E-state index in [1.165, 1.54) is 0 Å². The van der Waals surface area contributed by atoms with Crippen molar-refractivity contribution in [1.29, 1.82) is 0 Å². The molecule has 0 unspecified atom stereocenters. The molecule has 1 aliphatic rings. The van der Waals surface area contributed by atoms with E-state index in [4.69, 9.17) is 4.74 Å². The molecule has 60 valence electrons. The SMILES string of the molecule is C[C@@H]1OCC[C@@H]1S(=O)(=O)F. The average Bonchev–Trinajstić information content (AvgIpc) is 2.11. The van der Waals surface area contributed by atoms with Crippen molar-refractivity contribution in [1.82, 2.24) is 0 Å². The normalized spacial score (nSPS) is 34.6. The van der Waals surface area contributed by atoms with Gasteiger partial charge in [-0.15, -0.1) is 3.89 Å². The van der Waals surface area contributed by atoms with Crippen LogP contribution in [0.2, 0.25) is 0 Å². The third-order valence-electron chi connectivity index (χ3n) is 1.67. The van der Waals surface area contributed by atoms with E-state index in [-0.39, 0.29) is 6.42 Å². The summed E-state index contributed by atoms with van der Waals surface area (Å²) in [5.74, 6) is 0. The molecule has 5 heteroatoms. The van der Waals surface area contributed by atoms with E-state index in [1.807, 2.05) is 0 Å². The van der Waals surface area contributed by atoms with E-state index < -0.39 is 21.6 Å². The number of rotatable bonds is 1. The number of hydrogen-bond donors (Lipinski definition) is 0. The standard InChI is InChI=1S/C5H9FO3S/c1-4-5(2-3-9-4)10(6,7)8/h4-5H,2-3H2,1H3/t4-,5-/m0/s1. The van der Waals surface area contributed by atoms with Gasteiger partial charge in [0.05, 0.1) is 6.10 Å². The summed E-state index contributed by atoms with van der Waals surface area (Å²) in [4.78, 5) is 0. The molecule has 1 heterocycles. The summed E-state index contributed by atoms with van der Waals surface area (Å²) in [6, 6.07) is 0. The summed E-state index contributed by atoms with van der Waals surface area (Å²) in [5.41, 5.74) is 0. The fourth-order valence-corrected chi connectivity index (χ4v) is 2.00. The lowest BCUT2D eigenvalue weighted by molar-refractivity contribution is 0.126. The monoisotopic (exact) mass is 168 g/mol. The van der Waals surface area contributed by atoms with Gasteiger partial charge in [0.2, 0.25) is 0 Å². The second kappa shape index (κ2) is 2.47. The Bertz CT molecular complexity index is 211. The van der Waals surface area contributed by atoms with E-state index in [0.717, 1.165) is 0 Å². The smallest absolute Gasteiger partial charge is 0.307 e. The van der Waals surface area contributed by atoms with Gasteiger partial charge in [0.25, 0.3) is 0 Å². The van der Waals surface area contributed by atoms with Crippen molar-refractivity contribution in [3.63, 3.8) is 0 Å². The van der Waals surface area contributed by atoms with E-state index in [0.29, 0.717) is 6.61 Å². The van der Waals surface area contributed by atoms with E-state index in [2.05, 4.69) is 0 Å². The Morgan fingerprint density at radius 3 is 2.40 bits per heavy atom. The first-order chi connectivity index (χ1) is 4.52. The minimum Gasteiger partial charge on any atom is -0.377 e. The maximum Gasteiger partial charge on any atom is 0.307 e. The van der Waals surface area contributed by atoms with Gasteiger partial charge in [-0.3, -0.25) is 0 Å². The fraction of sp³-hybridized carbons (Fsp3) is 1.00. The summed E-state index contributed by atoms with van der Waals surface area (Å²) < 4.78 is 37.7. The molecule has 0 radical (unpaired) electrons. The van der Waals surface area contributed by atoms with Crippen LogP contribution < -0.4 is 0 Å². The molecule has 1 fully saturated rings. The molecular formula is C5H9FO3S. The quantitative estimate of drug-likeness (QED) is 0.534. The lowest BCUT2D eigenvalue weighted by Gasteiger charge is -2.07. The van der Waals surface area contributed by atoms with Crippen LogP contribution in [0.5, 0.6) is 0 Å². The Morgan fingerprint density at radius 2 is 2.20 bits per heavy atom. The van der Waals surface area contributed by atoms with Gasteiger partial charge in [-0.2, -0.15) is 8.42 Å². The molecule has 0 bridgehead atoms. The maximum absolute atomic E-state index is 12.2. The predicted molar refractivity (Wildman–Crippen MR) is 33.8 cm³/mol. The molecule has 0 saturated carbocycles. The van der Waals surface area contributed by atoms with E-state index in [9.17, 15) is 12.3 Å². The van der Waals surface area contributed by atoms with Crippen LogP contribution in [-0.2, 0) is 15.0 Å². The summed E-state index contributed by atoms with van der Waals surface area (Å²) in [6.07, 6.45) is -0.213. The fourth-order valence-electron chi connectivity index (χ4n) is 1.08. The molecule has 0 amide bonds. The lowest BCUT2D eigenvalue weighted by Crippen LogP contribution is -2.24. The topological polar surface area (TPSA) is 43.4 Å². The van der Waals surface area contributed by atoms with Gasteiger partial charge in [0.15, 0.2) is 0 Å². The lowest BCUT2D eigenvalue weighted by atomic mass is 10.3. The molecule has 0 aliphatic carbocycles. The maximum atomic E-state index is 12.2. The summed E-state index contributed by atoms with van der Waals surface area (Å²) in [5, 5.41) is -0.938. The highest BCUT2D eigenvalue weighted by molar-refractivity contribution is 7.87. The second-order valence-electron chi connectivity index (χ2n) is 2.38. The second-order valence-corrected chi connectivity index (χ2v) is 3.94. The molecular weight excluding hydrogens is 159 g/mol. The van der Waals surface area contributed by atoms with Gasteiger partial charge in [-0.25, -0.2) is 0 Å². The van der Waals surface area contributed by atoms with Crippen molar-refractivity contribution < 1.29 is 17.0 Å². The predicted octanol–water partition coefficient (Wildman–Crippen LogP) is 0.463. The van der Waals surface area contributed by atoms with Crippen molar-refractivity contribution in [2.45, 2.75) is 24.7 Å². The summed E-state index contributed by atoms with van der Waals surface area (Å²) in [6.45, 7) is 1.91. The third-order valence-corrected chi connectivity index (χ3v) is 3.01. The highest BCUT2D eigenvalue weighted by Crippen LogP contribution is 2.21. The molecule has 0 aromatic carbocycles. The molecule has 1 aliphatic heterocycles. The van der Waals surface area contributed by atoms with Crippen LogP contribution in [0.15, 0.2) is 0 Å². The van der Waals surface area contributed by atoms with Crippen molar-refractivity contribution in [3.8, 4) is 0 Å². The highest BCUT2D eigenvalue weighted by atomic mass is 32.3. The minimum absolute atomic E-state index is 0.278. The van der Waals surface area contributed by atoms with Crippen LogP contribution in [0.4, 0.5) is 3.89 Å². The van der Waals surface area contributed by atoms with Gasteiger partial charge in [-0.1, -0.05) is 0 Å². The Balaban J connectivity index is 2.74.